The summed E-state index contributed by atoms with van der Waals surface area (Å²) in [7, 11) is -9.90. The van der Waals surface area contributed by atoms with E-state index in [1.807, 2.05) is 0 Å². The van der Waals surface area contributed by atoms with Crippen molar-refractivity contribution in [2.75, 3.05) is 39.6 Å². The van der Waals surface area contributed by atoms with Gasteiger partial charge < -0.3 is 33.8 Å². The zero-order chi connectivity index (χ0) is 70.5. The first kappa shape index (κ1) is 94.1. The number of carbonyl (C=O) groups excluding carboxylic acids is 4. The minimum atomic E-state index is -4.96. The lowest BCUT2D eigenvalue weighted by molar-refractivity contribution is -0.161. The molecular formula is C77H150O17P2. The van der Waals surface area contributed by atoms with Gasteiger partial charge in [0, 0.05) is 25.7 Å². The zero-order valence-corrected chi connectivity index (χ0v) is 64.3. The molecule has 96 heavy (non-hydrogen) atoms. The van der Waals surface area contributed by atoms with Gasteiger partial charge in [0.2, 0.25) is 0 Å². The quantitative estimate of drug-likeness (QED) is 0.0222. The lowest BCUT2D eigenvalue weighted by Gasteiger charge is -2.21. The second-order valence-corrected chi connectivity index (χ2v) is 31.1. The van der Waals surface area contributed by atoms with Gasteiger partial charge in [0.25, 0.3) is 0 Å². The molecule has 0 rings (SSSR count). The number of phosphoric acid groups is 2. The van der Waals surface area contributed by atoms with Crippen molar-refractivity contribution in [3.8, 4) is 0 Å². The van der Waals surface area contributed by atoms with Crippen LogP contribution in [0.15, 0.2) is 0 Å². The van der Waals surface area contributed by atoms with Crippen molar-refractivity contribution in [1.82, 2.24) is 0 Å². The van der Waals surface area contributed by atoms with Gasteiger partial charge in [0.05, 0.1) is 26.4 Å². The van der Waals surface area contributed by atoms with Crippen molar-refractivity contribution in [1.29, 1.82) is 0 Å². The van der Waals surface area contributed by atoms with Crippen molar-refractivity contribution in [2.45, 2.75) is 425 Å². The maximum Gasteiger partial charge on any atom is 0.472 e. The number of aliphatic hydroxyl groups is 1. The van der Waals surface area contributed by atoms with Crippen LogP contribution in [0.2, 0.25) is 0 Å². The summed E-state index contributed by atoms with van der Waals surface area (Å²) < 4.78 is 68.4. The molecular weight excluding hydrogens is 1260 g/mol. The van der Waals surface area contributed by atoms with E-state index >= 15 is 0 Å². The summed E-state index contributed by atoms with van der Waals surface area (Å²) in [4.78, 5) is 72.7. The number of rotatable bonds is 77. The lowest BCUT2D eigenvalue weighted by Crippen LogP contribution is -2.30. The summed E-state index contributed by atoms with van der Waals surface area (Å²) in [6, 6.07) is 0. The van der Waals surface area contributed by atoms with Crippen molar-refractivity contribution in [2.24, 2.45) is 5.92 Å². The van der Waals surface area contributed by atoms with E-state index in [4.69, 9.17) is 37.0 Å². The molecule has 19 heteroatoms. The maximum atomic E-state index is 13.1. The first-order valence-electron chi connectivity index (χ1n) is 40.1. The van der Waals surface area contributed by atoms with Crippen LogP contribution in [0.1, 0.15) is 407 Å². The number of esters is 4. The Morgan fingerprint density at radius 3 is 0.708 bits per heavy atom. The van der Waals surface area contributed by atoms with Crippen LogP contribution in [0.5, 0.6) is 0 Å². The summed E-state index contributed by atoms with van der Waals surface area (Å²) >= 11 is 0. The summed E-state index contributed by atoms with van der Waals surface area (Å²) in [5.74, 6) is -1.31. The topological polar surface area (TPSA) is 237 Å². The number of hydrogen-bond donors (Lipinski definition) is 3. The fraction of sp³-hybridized carbons (Fsp3) is 0.948. The van der Waals surface area contributed by atoms with E-state index in [2.05, 4.69) is 34.6 Å². The summed E-state index contributed by atoms with van der Waals surface area (Å²) in [6.45, 7) is 7.29. The third kappa shape index (κ3) is 70.5. The zero-order valence-electron chi connectivity index (χ0n) is 62.5. The van der Waals surface area contributed by atoms with Crippen LogP contribution >= 0.6 is 15.6 Å². The molecule has 0 aromatic heterocycles. The van der Waals surface area contributed by atoms with E-state index in [0.29, 0.717) is 25.7 Å². The Labute approximate surface area is 588 Å². The number of carbonyl (C=O) groups is 4. The minimum Gasteiger partial charge on any atom is -0.462 e. The second-order valence-electron chi connectivity index (χ2n) is 28.2. The largest absolute Gasteiger partial charge is 0.472 e. The standard InChI is InChI=1S/C77H150O17P2/c1-6-9-12-15-18-21-22-23-24-25-26-27-31-34-37-42-46-51-56-61-75(80)88-67-73(94-77(82)63-58-53-48-43-38-35-32-29-28-30-33-36-41-44-49-54-59-70(4)5)69-92-96(85,86)90-65-71(78)64-89-95(83,84)91-68-72(93-76(81)62-57-52-47-40-20-17-14-11-8-3)66-87-74(79)60-55-50-45-39-19-16-13-10-7-2/h70-73,78H,6-69H2,1-5H3,(H,83,84)(H,85,86)/t71-,72+,73+/m0/s1. The van der Waals surface area contributed by atoms with E-state index in [9.17, 15) is 43.2 Å². The van der Waals surface area contributed by atoms with E-state index in [1.54, 1.807) is 0 Å². The van der Waals surface area contributed by atoms with Crippen molar-refractivity contribution in [3.63, 3.8) is 0 Å². The van der Waals surface area contributed by atoms with Gasteiger partial charge in [-0.25, -0.2) is 9.13 Å². The first-order chi connectivity index (χ1) is 46.5. The third-order valence-corrected chi connectivity index (χ3v) is 19.9. The second kappa shape index (κ2) is 70.1. The summed E-state index contributed by atoms with van der Waals surface area (Å²) in [5.41, 5.74) is 0. The predicted octanol–water partition coefficient (Wildman–Crippen LogP) is 22.9. The Balaban J connectivity index is 5.17. The molecule has 17 nitrogen and oxygen atoms in total. The maximum absolute atomic E-state index is 13.1. The summed E-state index contributed by atoms with van der Waals surface area (Å²) in [6.07, 6.45) is 59.8. The van der Waals surface area contributed by atoms with Crippen molar-refractivity contribution >= 4 is 39.5 Å². The Bertz CT molecular complexity index is 1840. The number of phosphoric ester groups is 2. The molecule has 0 fully saturated rings. The molecule has 5 atom stereocenters. The van der Waals surface area contributed by atoms with Crippen LogP contribution in [-0.2, 0) is 65.4 Å². The monoisotopic (exact) mass is 1410 g/mol. The number of unbranched alkanes of at least 4 members (excludes halogenated alkanes) is 49. The highest BCUT2D eigenvalue weighted by Gasteiger charge is 2.30. The Morgan fingerprint density at radius 1 is 0.281 bits per heavy atom. The molecule has 0 saturated heterocycles. The SMILES string of the molecule is CCCCCCCCCCCCCCCCCCCCCC(=O)OC[C@H](COP(=O)(O)OC[C@@H](O)COP(=O)(O)OC[C@@H](COC(=O)CCCCCCCCCCC)OC(=O)CCCCCCCCCCC)OC(=O)CCCCCCCCCCCCCCCCCCC(C)C. The Kier molecular flexibility index (Phi) is 68.7. The highest BCUT2D eigenvalue weighted by molar-refractivity contribution is 7.47. The van der Waals surface area contributed by atoms with Crippen molar-refractivity contribution < 1.29 is 80.2 Å². The molecule has 0 aromatic rings. The first-order valence-corrected chi connectivity index (χ1v) is 43.1. The molecule has 0 aliphatic rings. The fourth-order valence-corrected chi connectivity index (χ4v) is 13.5. The van der Waals surface area contributed by atoms with E-state index in [0.717, 1.165) is 95.8 Å². The molecule has 0 aliphatic carbocycles. The third-order valence-electron chi connectivity index (χ3n) is 18.0. The van der Waals surface area contributed by atoms with Gasteiger partial charge in [-0.15, -0.1) is 0 Å². The molecule has 0 heterocycles. The van der Waals surface area contributed by atoms with Crippen LogP contribution in [0.3, 0.4) is 0 Å². The average molecular weight is 1410 g/mol. The Morgan fingerprint density at radius 2 is 0.479 bits per heavy atom. The normalized spacial score (nSPS) is 13.9. The number of hydrogen-bond acceptors (Lipinski definition) is 15. The fourth-order valence-electron chi connectivity index (χ4n) is 11.9. The van der Waals surface area contributed by atoms with Gasteiger partial charge in [-0.3, -0.25) is 37.3 Å². The molecule has 0 aliphatic heterocycles. The molecule has 0 saturated carbocycles. The lowest BCUT2D eigenvalue weighted by atomic mass is 10.0. The van der Waals surface area contributed by atoms with E-state index < -0.39 is 97.5 Å². The molecule has 0 radical (unpaired) electrons. The number of aliphatic hydroxyl groups excluding tert-OH is 1. The minimum absolute atomic E-state index is 0.106. The smallest absolute Gasteiger partial charge is 0.462 e. The van der Waals surface area contributed by atoms with Crippen LogP contribution in [0.4, 0.5) is 0 Å². The molecule has 3 N–H and O–H groups in total. The molecule has 570 valence electrons. The highest BCUT2D eigenvalue weighted by Crippen LogP contribution is 2.45. The van der Waals surface area contributed by atoms with E-state index in [1.165, 1.54) is 231 Å². The van der Waals surface area contributed by atoms with Gasteiger partial charge >= 0.3 is 39.5 Å². The van der Waals surface area contributed by atoms with Gasteiger partial charge in [0.15, 0.2) is 12.2 Å². The molecule has 0 spiro atoms. The van der Waals surface area contributed by atoms with E-state index in [-0.39, 0.29) is 25.7 Å². The summed E-state index contributed by atoms with van der Waals surface area (Å²) in [5, 5.41) is 10.6. The van der Waals surface area contributed by atoms with Gasteiger partial charge in [-0.05, 0) is 31.6 Å². The van der Waals surface area contributed by atoms with Gasteiger partial charge in [0.1, 0.15) is 19.3 Å². The van der Waals surface area contributed by atoms with Crippen LogP contribution in [0, 0.1) is 5.92 Å². The average Bonchev–Trinajstić information content (AvgIpc) is 1.12. The van der Waals surface area contributed by atoms with Crippen molar-refractivity contribution in [3.05, 3.63) is 0 Å². The molecule has 0 aromatic carbocycles. The van der Waals surface area contributed by atoms with Gasteiger partial charge in [-0.2, -0.15) is 0 Å². The van der Waals surface area contributed by atoms with Crippen LogP contribution in [0.25, 0.3) is 0 Å². The van der Waals surface area contributed by atoms with Gasteiger partial charge in [-0.1, -0.05) is 356 Å². The number of ether oxygens (including phenoxy) is 4. The molecule has 2 unspecified atom stereocenters. The van der Waals surface area contributed by atoms with Crippen LogP contribution < -0.4 is 0 Å². The Hall–Kier alpha value is -1.94. The van der Waals surface area contributed by atoms with Crippen LogP contribution in [-0.4, -0.2) is 96.7 Å². The molecule has 0 bridgehead atoms. The highest BCUT2D eigenvalue weighted by atomic mass is 31.2. The predicted molar refractivity (Wildman–Crippen MR) is 391 cm³/mol. The molecule has 0 amide bonds.